The van der Waals surface area contributed by atoms with Gasteiger partial charge in [-0.3, -0.25) is 0 Å². The van der Waals surface area contributed by atoms with Crippen LogP contribution in [0.2, 0.25) is 0 Å². The molecule has 0 unspecified atom stereocenters. The van der Waals surface area contributed by atoms with Gasteiger partial charge in [0.25, 0.3) is 5.19 Å². The number of thiazole rings is 1. The zero-order valence-corrected chi connectivity index (χ0v) is 9.02. The molecule has 4 heteroatoms. The van der Waals surface area contributed by atoms with E-state index < -0.39 is 0 Å². The van der Waals surface area contributed by atoms with Gasteiger partial charge in [0, 0.05) is 17.7 Å². The quantitative estimate of drug-likeness (QED) is 0.806. The van der Waals surface area contributed by atoms with E-state index in [0.29, 0.717) is 5.19 Å². The largest absolute Gasteiger partial charge is 0.473 e. The summed E-state index contributed by atoms with van der Waals surface area (Å²) in [6, 6.07) is 0. The molecular weight excluding hydrogens is 186 g/mol. The number of ether oxygens (including phenoxy) is 1. The number of nitrogens with zero attached hydrogens (tertiary/aromatic N) is 1. The number of aliphatic hydroxyl groups is 1. The van der Waals surface area contributed by atoms with Gasteiger partial charge >= 0.3 is 0 Å². The van der Waals surface area contributed by atoms with Gasteiger partial charge in [-0.05, 0) is 11.8 Å². The standard InChI is InChI=1S/C9H15NO2S/c1-9(2,6-11)4-7-5-10-8(12-3)13-7/h5,11H,4,6H2,1-3H3. The summed E-state index contributed by atoms with van der Waals surface area (Å²) >= 11 is 1.53. The highest BCUT2D eigenvalue weighted by Gasteiger charge is 2.18. The lowest BCUT2D eigenvalue weighted by molar-refractivity contribution is 0.160. The molecule has 1 aromatic heterocycles. The van der Waals surface area contributed by atoms with Gasteiger partial charge in [0.05, 0.1) is 7.11 Å². The van der Waals surface area contributed by atoms with Gasteiger partial charge in [-0.1, -0.05) is 25.2 Å². The van der Waals surface area contributed by atoms with Crippen LogP contribution < -0.4 is 4.74 Å². The van der Waals surface area contributed by atoms with Gasteiger partial charge < -0.3 is 9.84 Å². The fraction of sp³-hybridized carbons (Fsp3) is 0.667. The van der Waals surface area contributed by atoms with E-state index in [1.807, 2.05) is 13.8 Å². The second kappa shape index (κ2) is 4.07. The lowest BCUT2D eigenvalue weighted by Crippen LogP contribution is -2.18. The molecule has 13 heavy (non-hydrogen) atoms. The Bertz CT molecular complexity index is 270. The maximum absolute atomic E-state index is 9.07. The Morgan fingerprint density at radius 1 is 1.62 bits per heavy atom. The average molecular weight is 201 g/mol. The van der Waals surface area contributed by atoms with Crippen molar-refractivity contribution in [2.45, 2.75) is 20.3 Å². The maximum atomic E-state index is 9.07. The van der Waals surface area contributed by atoms with E-state index >= 15 is 0 Å². The van der Waals surface area contributed by atoms with Crippen LogP contribution in [0.4, 0.5) is 0 Å². The minimum atomic E-state index is -0.0719. The molecule has 0 saturated heterocycles. The van der Waals surface area contributed by atoms with E-state index in [9.17, 15) is 0 Å². The molecule has 1 heterocycles. The van der Waals surface area contributed by atoms with E-state index in [1.54, 1.807) is 13.3 Å². The zero-order valence-electron chi connectivity index (χ0n) is 8.20. The van der Waals surface area contributed by atoms with Crippen LogP contribution in [-0.2, 0) is 6.42 Å². The van der Waals surface area contributed by atoms with Gasteiger partial charge in [-0.25, -0.2) is 4.98 Å². The van der Waals surface area contributed by atoms with Gasteiger partial charge in [0.15, 0.2) is 0 Å². The van der Waals surface area contributed by atoms with Gasteiger partial charge in [0.2, 0.25) is 0 Å². The molecule has 0 aromatic carbocycles. The van der Waals surface area contributed by atoms with E-state index in [2.05, 4.69) is 4.98 Å². The number of rotatable bonds is 4. The van der Waals surface area contributed by atoms with Crippen LogP contribution in [0.15, 0.2) is 6.20 Å². The maximum Gasteiger partial charge on any atom is 0.273 e. The number of aliphatic hydroxyl groups excluding tert-OH is 1. The first-order chi connectivity index (χ1) is 6.07. The van der Waals surface area contributed by atoms with Crippen molar-refractivity contribution >= 4 is 11.3 Å². The van der Waals surface area contributed by atoms with Gasteiger partial charge in [-0.2, -0.15) is 0 Å². The van der Waals surface area contributed by atoms with E-state index in [4.69, 9.17) is 9.84 Å². The molecule has 0 fully saturated rings. The third kappa shape index (κ3) is 2.97. The second-order valence-corrected chi connectivity index (χ2v) is 4.87. The predicted octanol–water partition coefficient (Wildman–Crippen LogP) is 1.71. The normalized spacial score (nSPS) is 11.7. The fourth-order valence-electron chi connectivity index (χ4n) is 0.993. The van der Waals surface area contributed by atoms with Crippen LogP contribution in [0, 0.1) is 5.41 Å². The molecule has 0 aliphatic heterocycles. The van der Waals surface area contributed by atoms with Crippen LogP contribution >= 0.6 is 11.3 Å². The molecule has 0 spiro atoms. The molecule has 0 amide bonds. The highest BCUT2D eigenvalue weighted by Crippen LogP contribution is 2.27. The Hall–Kier alpha value is -0.610. The van der Waals surface area contributed by atoms with Crippen molar-refractivity contribution in [2.24, 2.45) is 5.41 Å². The van der Waals surface area contributed by atoms with E-state index in [1.165, 1.54) is 11.3 Å². The second-order valence-electron chi connectivity index (χ2n) is 3.80. The Morgan fingerprint density at radius 2 is 2.31 bits per heavy atom. The predicted molar refractivity (Wildman–Crippen MR) is 53.2 cm³/mol. The van der Waals surface area contributed by atoms with E-state index in [-0.39, 0.29) is 12.0 Å². The Morgan fingerprint density at radius 3 is 2.77 bits per heavy atom. The molecule has 0 bridgehead atoms. The highest BCUT2D eigenvalue weighted by molar-refractivity contribution is 7.13. The first kappa shape index (κ1) is 10.5. The van der Waals surface area contributed by atoms with Gasteiger partial charge in [0.1, 0.15) is 0 Å². The van der Waals surface area contributed by atoms with Crippen LogP contribution in [0.25, 0.3) is 0 Å². The molecule has 0 aliphatic rings. The topological polar surface area (TPSA) is 42.4 Å². The summed E-state index contributed by atoms with van der Waals surface area (Å²) in [5.41, 5.74) is -0.0719. The minimum absolute atomic E-state index is 0.0719. The summed E-state index contributed by atoms with van der Waals surface area (Å²) in [6.07, 6.45) is 2.64. The van der Waals surface area contributed by atoms with Gasteiger partial charge in [-0.15, -0.1) is 0 Å². The number of aromatic nitrogens is 1. The van der Waals surface area contributed by atoms with Crippen molar-refractivity contribution < 1.29 is 9.84 Å². The first-order valence-corrected chi connectivity index (χ1v) is 4.98. The molecule has 0 saturated carbocycles. The summed E-state index contributed by atoms with van der Waals surface area (Å²) < 4.78 is 4.99. The van der Waals surface area contributed by atoms with Crippen molar-refractivity contribution in [1.29, 1.82) is 0 Å². The molecule has 1 aromatic rings. The Kier molecular flexibility index (Phi) is 3.27. The monoisotopic (exact) mass is 201 g/mol. The van der Waals surface area contributed by atoms with Crippen molar-refractivity contribution in [1.82, 2.24) is 4.98 Å². The molecule has 3 nitrogen and oxygen atoms in total. The van der Waals surface area contributed by atoms with Crippen LogP contribution in [0.3, 0.4) is 0 Å². The summed E-state index contributed by atoms with van der Waals surface area (Å²) in [6.45, 7) is 4.24. The molecule has 74 valence electrons. The highest BCUT2D eigenvalue weighted by atomic mass is 32.1. The molecular formula is C9H15NO2S. The summed E-state index contributed by atoms with van der Waals surface area (Å²) in [4.78, 5) is 5.22. The molecule has 0 aliphatic carbocycles. The van der Waals surface area contributed by atoms with Crippen molar-refractivity contribution in [2.75, 3.05) is 13.7 Å². The Balaban J connectivity index is 2.63. The smallest absolute Gasteiger partial charge is 0.273 e. The molecule has 1 N–H and O–H groups in total. The first-order valence-electron chi connectivity index (χ1n) is 4.17. The molecule has 0 atom stereocenters. The van der Waals surface area contributed by atoms with Crippen molar-refractivity contribution in [3.63, 3.8) is 0 Å². The summed E-state index contributed by atoms with van der Waals surface area (Å²) in [5, 5.41) is 9.76. The van der Waals surface area contributed by atoms with Crippen LogP contribution in [0.5, 0.6) is 5.19 Å². The zero-order chi connectivity index (χ0) is 9.90. The lowest BCUT2D eigenvalue weighted by Gasteiger charge is -2.19. The lowest BCUT2D eigenvalue weighted by atomic mass is 9.90. The molecule has 0 radical (unpaired) electrons. The van der Waals surface area contributed by atoms with Crippen LogP contribution in [-0.4, -0.2) is 23.8 Å². The van der Waals surface area contributed by atoms with Crippen LogP contribution in [0.1, 0.15) is 18.7 Å². The molecule has 1 rings (SSSR count). The number of hydrogen-bond donors (Lipinski definition) is 1. The number of hydrogen-bond acceptors (Lipinski definition) is 4. The SMILES string of the molecule is COc1ncc(CC(C)(C)CO)s1. The van der Waals surface area contributed by atoms with E-state index in [0.717, 1.165) is 11.3 Å². The average Bonchev–Trinajstić information content (AvgIpc) is 2.52. The minimum Gasteiger partial charge on any atom is -0.473 e. The fourth-order valence-corrected chi connectivity index (χ4v) is 1.97. The van der Waals surface area contributed by atoms with Crippen molar-refractivity contribution in [3.05, 3.63) is 11.1 Å². The van der Waals surface area contributed by atoms with Crippen molar-refractivity contribution in [3.8, 4) is 5.19 Å². The third-order valence-corrected chi connectivity index (χ3v) is 2.75. The Labute approximate surface area is 82.4 Å². The summed E-state index contributed by atoms with van der Waals surface area (Å²) in [7, 11) is 1.61. The third-order valence-electron chi connectivity index (χ3n) is 1.79. The summed E-state index contributed by atoms with van der Waals surface area (Å²) in [5.74, 6) is 0. The number of methoxy groups -OCH3 is 1.